The maximum Gasteiger partial charge on any atom is 0.0415 e. The molecule has 0 fully saturated rings. The average molecular weight is 299 g/mol. The Labute approximate surface area is 133 Å². The molecule has 1 nitrogen and oxygen atoms in total. The van der Waals surface area contributed by atoms with Crippen LogP contribution in [-0.4, -0.2) is 12.3 Å². The minimum Gasteiger partial charge on any atom is -0.309 e. The highest BCUT2D eigenvalue weighted by Crippen LogP contribution is 2.25. The van der Waals surface area contributed by atoms with E-state index in [0.29, 0.717) is 6.04 Å². The number of benzene rings is 2. The van der Waals surface area contributed by atoms with Crippen LogP contribution in [0.25, 0.3) is 0 Å². The van der Waals surface area contributed by atoms with Crippen LogP contribution in [0.15, 0.2) is 53.4 Å². The van der Waals surface area contributed by atoms with E-state index in [2.05, 4.69) is 74.6 Å². The molecule has 0 aliphatic heterocycles. The second kappa shape index (κ2) is 8.26. The van der Waals surface area contributed by atoms with Crippen LogP contribution in [0.3, 0.4) is 0 Å². The van der Waals surface area contributed by atoms with E-state index in [9.17, 15) is 0 Å². The number of hydrogen-bond acceptors (Lipinski definition) is 2. The predicted octanol–water partition coefficient (Wildman–Crippen LogP) is 5.14. The summed E-state index contributed by atoms with van der Waals surface area (Å²) in [5, 5.41) is 3.67. The van der Waals surface area contributed by atoms with Crippen molar-refractivity contribution >= 4 is 11.8 Å². The lowest BCUT2D eigenvalue weighted by atomic mass is 10.1. The molecule has 0 saturated heterocycles. The molecule has 2 rings (SSSR count). The van der Waals surface area contributed by atoms with Gasteiger partial charge in [0.25, 0.3) is 0 Å². The fraction of sp³-hybridized carbons (Fsp3) is 0.368. The first kappa shape index (κ1) is 16.1. The van der Waals surface area contributed by atoms with E-state index in [4.69, 9.17) is 0 Å². The Kier molecular flexibility index (Phi) is 6.34. The molecule has 0 heterocycles. The molecule has 0 radical (unpaired) electrons. The first-order valence-electron chi connectivity index (χ1n) is 7.68. The van der Waals surface area contributed by atoms with Crippen molar-refractivity contribution < 1.29 is 0 Å². The van der Waals surface area contributed by atoms with Gasteiger partial charge in [0, 0.05) is 16.7 Å². The summed E-state index contributed by atoms with van der Waals surface area (Å²) in [7, 11) is 0. The fourth-order valence-corrected chi connectivity index (χ4v) is 3.20. The van der Waals surface area contributed by atoms with Gasteiger partial charge < -0.3 is 5.32 Å². The van der Waals surface area contributed by atoms with Crippen LogP contribution >= 0.6 is 11.8 Å². The van der Waals surface area contributed by atoms with Crippen LogP contribution in [0.5, 0.6) is 0 Å². The smallest absolute Gasteiger partial charge is 0.0415 e. The van der Waals surface area contributed by atoms with Crippen molar-refractivity contribution in [1.82, 2.24) is 5.32 Å². The van der Waals surface area contributed by atoms with Gasteiger partial charge in [0.2, 0.25) is 0 Å². The quantitative estimate of drug-likeness (QED) is 0.711. The maximum atomic E-state index is 3.67. The zero-order chi connectivity index (χ0) is 15.1. The third kappa shape index (κ3) is 5.22. The SMILES string of the molecule is CCCNC(CSc1ccc(C)cc1)c1ccc(C)cc1. The molecule has 0 bridgehead atoms. The number of hydrogen-bond donors (Lipinski definition) is 1. The molecule has 0 spiro atoms. The first-order valence-corrected chi connectivity index (χ1v) is 8.67. The van der Waals surface area contributed by atoms with Crippen molar-refractivity contribution in [2.45, 2.75) is 38.1 Å². The Morgan fingerprint density at radius 1 is 0.905 bits per heavy atom. The highest BCUT2D eigenvalue weighted by molar-refractivity contribution is 7.99. The Balaban J connectivity index is 2.02. The van der Waals surface area contributed by atoms with E-state index in [1.54, 1.807) is 0 Å². The van der Waals surface area contributed by atoms with Crippen LogP contribution in [0.1, 0.15) is 36.1 Å². The van der Waals surface area contributed by atoms with Gasteiger partial charge in [0.1, 0.15) is 0 Å². The largest absolute Gasteiger partial charge is 0.309 e. The minimum absolute atomic E-state index is 0.414. The van der Waals surface area contributed by atoms with Gasteiger partial charge in [-0.3, -0.25) is 0 Å². The fourth-order valence-electron chi connectivity index (χ4n) is 2.20. The summed E-state index contributed by atoms with van der Waals surface area (Å²) in [5.74, 6) is 1.06. The van der Waals surface area contributed by atoms with Gasteiger partial charge in [-0.2, -0.15) is 0 Å². The topological polar surface area (TPSA) is 12.0 Å². The van der Waals surface area contributed by atoms with Gasteiger partial charge in [0.05, 0.1) is 0 Å². The Morgan fingerprint density at radius 3 is 2.05 bits per heavy atom. The second-order valence-corrected chi connectivity index (χ2v) is 6.63. The number of nitrogens with one attached hydrogen (secondary N) is 1. The van der Waals surface area contributed by atoms with E-state index in [1.165, 1.54) is 21.6 Å². The van der Waals surface area contributed by atoms with Crippen molar-refractivity contribution in [3.63, 3.8) is 0 Å². The average Bonchev–Trinajstić information content (AvgIpc) is 2.50. The normalized spacial score (nSPS) is 12.3. The van der Waals surface area contributed by atoms with Gasteiger partial charge in [-0.05, 0) is 44.5 Å². The molecule has 1 N–H and O–H groups in total. The maximum absolute atomic E-state index is 3.67. The molecule has 2 aromatic carbocycles. The van der Waals surface area contributed by atoms with Gasteiger partial charge >= 0.3 is 0 Å². The summed E-state index contributed by atoms with van der Waals surface area (Å²) in [6.07, 6.45) is 1.16. The van der Waals surface area contributed by atoms with Crippen molar-refractivity contribution in [1.29, 1.82) is 0 Å². The summed E-state index contributed by atoms with van der Waals surface area (Å²) < 4.78 is 0. The van der Waals surface area contributed by atoms with Gasteiger partial charge in [0.15, 0.2) is 0 Å². The predicted molar refractivity (Wildman–Crippen MR) is 94.1 cm³/mol. The van der Waals surface area contributed by atoms with Crippen molar-refractivity contribution in [2.24, 2.45) is 0 Å². The standard InChI is InChI=1S/C19H25NS/c1-4-13-20-19(17-9-5-15(2)6-10-17)14-21-18-11-7-16(3)8-12-18/h5-12,19-20H,4,13-14H2,1-3H3. The number of aryl methyl sites for hydroxylation is 2. The van der Waals surface area contributed by atoms with Crippen LogP contribution in [0.2, 0.25) is 0 Å². The summed E-state index contributed by atoms with van der Waals surface area (Å²) in [5.41, 5.74) is 4.02. The van der Waals surface area contributed by atoms with E-state index in [0.717, 1.165) is 18.7 Å². The molecule has 0 saturated carbocycles. The molecule has 0 aromatic heterocycles. The molecule has 1 atom stereocenters. The van der Waals surface area contributed by atoms with Crippen LogP contribution in [0.4, 0.5) is 0 Å². The molecule has 0 amide bonds. The van der Waals surface area contributed by atoms with E-state index >= 15 is 0 Å². The molecule has 0 aliphatic carbocycles. The zero-order valence-corrected chi connectivity index (χ0v) is 14.0. The summed E-state index contributed by atoms with van der Waals surface area (Å²) in [6.45, 7) is 7.55. The number of rotatable bonds is 7. The van der Waals surface area contributed by atoms with Crippen LogP contribution < -0.4 is 5.32 Å². The lowest BCUT2D eigenvalue weighted by molar-refractivity contribution is 0.577. The van der Waals surface area contributed by atoms with Gasteiger partial charge in [-0.15, -0.1) is 11.8 Å². The lowest BCUT2D eigenvalue weighted by Crippen LogP contribution is -2.24. The third-order valence-electron chi connectivity index (χ3n) is 3.56. The number of thioether (sulfide) groups is 1. The monoisotopic (exact) mass is 299 g/mol. The molecule has 2 aromatic rings. The molecular formula is C19H25NS. The summed E-state index contributed by atoms with van der Waals surface area (Å²) in [6, 6.07) is 18.1. The molecular weight excluding hydrogens is 274 g/mol. The summed E-state index contributed by atoms with van der Waals surface area (Å²) in [4.78, 5) is 1.34. The van der Waals surface area contributed by atoms with E-state index < -0.39 is 0 Å². The minimum atomic E-state index is 0.414. The first-order chi connectivity index (χ1) is 10.2. The third-order valence-corrected chi connectivity index (χ3v) is 4.66. The van der Waals surface area contributed by atoms with E-state index in [1.807, 2.05) is 11.8 Å². The Bertz CT molecular complexity index is 530. The lowest BCUT2D eigenvalue weighted by Gasteiger charge is -2.19. The van der Waals surface area contributed by atoms with E-state index in [-0.39, 0.29) is 0 Å². The highest BCUT2D eigenvalue weighted by atomic mass is 32.2. The Morgan fingerprint density at radius 2 is 1.48 bits per heavy atom. The molecule has 0 aliphatic rings. The van der Waals surface area contributed by atoms with Crippen LogP contribution in [0, 0.1) is 13.8 Å². The van der Waals surface area contributed by atoms with Crippen LogP contribution in [-0.2, 0) is 0 Å². The Hall–Kier alpha value is -1.25. The van der Waals surface area contributed by atoms with Gasteiger partial charge in [-0.1, -0.05) is 54.4 Å². The molecule has 2 heteroatoms. The highest BCUT2D eigenvalue weighted by Gasteiger charge is 2.11. The molecule has 21 heavy (non-hydrogen) atoms. The van der Waals surface area contributed by atoms with Crippen molar-refractivity contribution in [3.05, 3.63) is 65.2 Å². The molecule has 112 valence electrons. The summed E-state index contributed by atoms with van der Waals surface area (Å²) >= 11 is 1.92. The van der Waals surface area contributed by atoms with Gasteiger partial charge in [-0.25, -0.2) is 0 Å². The van der Waals surface area contributed by atoms with Crippen molar-refractivity contribution in [2.75, 3.05) is 12.3 Å². The molecule has 1 unspecified atom stereocenters. The second-order valence-electron chi connectivity index (χ2n) is 5.54. The zero-order valence-electron chi connectivity index (χ0n) is 13.2. The van der Waals surface area contributed by atoms with Crippen molar-refractivity contribution in [3.8, 4) is 0 Å².